The van der Waals surface area contributed by atoms with Crippen LogP contribution in [0.15, 0.2) is 48.5 Å². The van der Waals surface area contributed by atoms with Crippen molar-refractivity contribution in [2.75, 3.05) is 22.1 Å². The topological polar surface area (TPSA) is 95.6 Å². The smallest absolute Gasteiger partial charge is 0.229 e. The van der Waals surface area contributed by atoms with Crippen LogP contribution in [0.5, 0.6) is 0 Å². The van der Waals surface area contributed by atoms with E-state index >= 15 is 0 Å². The van der Waals surface area contributed by atoms with E-state index in [1.165, 1.54) is 13.8 Å². The van der Waals surface area contributed by atoms with Crippen molar-refractivity contribution in [3.8, 4) is 0 Å². The van der Waals surface area contributed by atoms with Gasteiger partial charge < -0.3 is 15.5 Å². The van der Waals surface area contributed by atoms with E-state index in [0.29, 0.717) is 22.6 Å². The molecule has 1 heterocycles. The van der Waals surface area contributed by atoms with Crippen LogP contribution in [0.3, 0.4) is 0 Å². The molecule has 3 amide bonds. The average molecular weight is 379 g/mol. The van der Waals surface area contributed by atoms with Crippen molar-refractivity contribution < 1.29 is 19.2 Å². The number of benzene rings is 2. The van der Waals surface area contributed by atoms with Gasteiger partial charge in [-0.15, -0.1) is 0 Å². The van der Waals surface area contributed by atoms with Crippen LogP contribution in [-0.4, -0.2) is 30.0 Å². The number of nitrogens with zero attached hydrogens (tertiary/aromatic N) is 1. The van der Waals surface area contributed by atoms with Crippen LogP contribution in [0.1, 0.15) is 30.6 Å². The summed E-state index contributed by atoms with van der Waals surface area (Å²) in [5.74, 6) is -1.03. The second-order valence-electron chi connectivity index (χ2n) is 6.76. The van der Waals surface area contributed by atoms with E-state index in [1.807, 2.05) is 0 Å². The predicted octanol–water partition coefficient (Wildman–Crippen LogP) is 2.84. The molecule has 28 heavy (non-hydrogen) atoms. The van der Waals surface area contributed by atoms with Crippen molar-refractivity contribution in [1.29, 1.82) is 0 Å². The fraction of sp³-hybridized carbons (Fsp3) is 0.238. The number of carbonyl (C=O) groups is 4. The number of carbonyl (C=O) groups excluding carboxylic acids is 4. The lowest BCUT2D eigenvalue weighted by atomic mass is 10.1. The molecule has 0 radical (unpaired) electrons. The molecule has 7 heteroatoms. The summed E-state index contributed by atoms with van der Waals surface area (Å²) in [5.41, 5.74) is 2.48. The van der Waals surface area contributed by atoms with Gasteiger partial charge in [0.05, 0.1) is 5.92 Å². The molecule has 1 fully saturated rings. The van der Waals surface area contributed by atoms with Gasteiger partial charge in [-0.1, -0.05) is 0 Å². The summed E-state index contributed by atoms with van der Waals surface area (Å²) in [5, 5.41) is 5.47. The van der Waals surface area contributed by atoms with Crippen LogP contribution in [0.4, 0.5) is 17.1 Å². The largest absolute Gasteiger partial charge is 0.326 e. The van der Waals surface area contributed by atoms with Gasteiger partial charge in [0.2, 0.25) is 17.7 Å². The first-order valence-electron chi connectivity index (χ1n) is 8.93. The third-order valence-corrected chi connectivity index (χ3v) is 4.55. The van der Waals surface area contributed by atoms with E-state index in [9.17, 15) is 19.2 Å². The SMILES string of the molecule is CC(=O)Nc1ccc(N2CC(C(=O)Nc3ccc(C(C)=O)cc3)CC2=O)cc1. The molecule has 1 aliphatic rings. The van der Waals surface area contributed by atoms with Crippen LogP contribution >= 0.6 is 0 Å². The maximum Gasteiger partial charge on any atom is 0.229 e. The Hall–Kier alpha value is -3.48. The number of amides is 3. The third kappa shape index (κ3) is 4.43. The highest BCUT2D eigenvalue weighted by atomic mass is 16.2. The molecule has 0 saturated carbocycles. The lowest BCUT2D eigenvalue weighted by molar-refractivity contribution is -0.122. The van der Waals surface area contributed by atoms with E-state index in [0.717, 1.165) is 0 Å². The van der Waals surface area contributed by atoms with Crippen LogP contribution in [0, 0.1) is 5.92 Å². The van der Waals surface area contributed by atoms with E-state index in [4.69, 9.17) is 0 Å². The summed E-state index contributed by atoms with van der Waals surface area (Å²) in [4.78, 5) is 48.9. The molecule has 3 rings (SSSR count). The second kappa shape index (κ2) is 8.04. The first-order chi connectivity index (χ1) is 13.3. The van der Waals surface area contributed by atoms with Gasteiger partial charge in [-0.2, -0.15) is 0 Å². The molecule has 0 spiro atoms. The van der Waals surface area contributed by atoms with Crippen LogP contribution in [0.2, 0.25) is 0 Å². The molecule has 1 unspecified atom stereocenters. The molecular formula is C21H21N3O4. The van der Waals surface area contributed by atoms with E-state index in [-0.39, 0.29) is 36.5 Å². The number of Topliss-reactive ketones (excluding diaryl/α,β-unsaturated/α-hetero) is 1. The molecular weight excluding hydrogens is 358 g/mol. The van der Waals surface area contributed by atoms with E-state index < -0.39 is 5.92 Å². The molecule has 0 aromatic heterocycles. The van der Waals surface area contributed by atoms with Gasteiger partial charge in [0.1, 0.15) is 0 Å². The Morgan fingerprint density at radius 1 is 0.893 bits per heavy atom. The summed E-state index contributed by atoms with van der Waals surface area (Å²) >= 11 is 0. The number of anilines is 3. The quantitative estimate of drug-likeness (QED) is 0.781. The number of hydrogen-bond acceptors (Lipinski definition) is 4. The van der Waals surface area contributed by atoms with Gasteiger partial charge in [0, 0.05) is 42.5 Å². The molecule has 7 nitrogen and oxygen atoms in total. The minimum absolute atomic E-state index is 0.0422. The summed E-state index contributed by atoms with van der Waals surface area (Å²) in [6.07, 6.45) is 0.130. The fourth-order valence-corrected chi connectivity index (χ4v) is 3.09. The monoisotopic (exact) mass is 379 g/mol. The summed E-state index contributed by atoms with van der Waals surface area (Å²) in [6.45, 7) is 3.19. The Morgan fingerprint density at radius 2 is 1.46 bits per heavy atom. The molecule has 2 N–H and O–H groups in total. The van der Waals surface area contributed by atoms with Gasteiger partial charge in [-0.3, -0.25) is 19.2 Å². The zero-order valence-corrected chi connectivity index (χ0v) is 15.7. The first kappa shape index (κ1) is 19.3. The fourth-order valence-electron chi connectivity index (χ4n) is 3.09. The maximum absolute atomic E-state index is 12.5. The van der Waals surface area contributed by atoms with Crippen molar-refractivity contribution in [2.24, 2.45) is 5.92 Å². The molecule has 0 aliphatic carbocycles. The first-order valence-corrected chi connectivity index (χ1v) is 8.93. The Kier molecular flexibility index (Phi) is 5.54. The molecule has 2 aromatic rings. The van der Waals surface area contributed by atoms with Gasteiger partial charge in [-0.05, 0) is 55.5 Å². The van der Waals surface area contributed by atoms with Crippen LogP contribution < -0.4 is 15.5 Å². The van der Waals surface area contributed by atoms with E-state index in [2.05, 4.69) is 10.6 Å². The zero-order valence-electron chi connectivity index (χ0n) is 15.7. The lowest BCUT2D eigenvalue weighted by Crippen LogP contribution is -2.28. The zero-order chi connectivity index (χ0) is 20.3. The van der Waals surface area contributed by atoms with Crippen LogP contribution in [-0.2, 0) is 14.4 Å². The lowest BCUT2D eigenvalue weighted by Gasteiger charge is -2.17. The molecule has 1 saturated heterocycles. The normalized spacial score (nSPS) is 16.0. The Balaban J connectivity index is 1.64. The Labute approximate surface area is 162 Å². The van der Waals surface area contributed by atoms with Crippen molar-refractivity contribution in [2.45, 2.75) is 20.3 Å². The Morgan fingerprint density at radius 3 is 2.04 bits per heavy atom. The van der Waals surface area contributed by atoms with Crippen molar-refractivity contribution >= 4 is 40.6 Å². The highest BCUT2D eigenvalue weighted by molar-refractivity contribution is 6.04. The molecule has 2 aromatic carbocycles. The number of rotatable bonds is 5. The summed E-state index contributed by atoms with van der Waals surface area (Å²) < 4.78 is 0. The minimum Gasteiger partial charge on any atom is -0.326 e. The number of ketones is 1. The average Bonchev–Trinajstić information content (AvgIpc) is 3.04. The summed E-state index contributed by atoms with van der Waals surface area (Å²) in [6, 6.07) is 13.6. The standard InChI is InChI=1S/C21H21N3O4/c1-13(25)15-3-5-18(6-4-15)23-21(28)16-11-20(27)24(12-16)19-9-7-17(8-10-19)22-14(2)26/h3-10,16H,11-12H2,1-2H3,(H,22,26)(H,23,28). The van der Waals surface area contributed by atoms with Gasteiger partial charge in [0.25, 0.3) is 0 Å². The molecule has 144 valence electrons. The number of nitrogens with one attached hydrogen (secondary N) is 2. The summed E-state index contributed by atoms with van der Waals surface area (Å²) in [7, 11) is 0. The maximum atomic E-state index is 12.5. The predicted molar refractivity (Wildman–Crippen MR) is 106 cm³/mol. The Bertz CT molecular complexity index is 920. The molecule has 0 bridgehead atoms. The van der Waals surface area contributed by atoms with Gasteiger partial charge in [-0.25, -0.2) is 0 Å². The van der Waals surface area contributed by atoms with Crippen molar-refractivity contribution in [3.63, 3.8) is 0 Å². The van der Waals surface area contributed by atoms with Gasteiger partial charge in [0.15, 0.2) is 5.78 Å². The van der Waals surface area contributed by atoms with Gasteiger partial charge >= 0.3 is 0 Å². The highest BCUT2D eigenvalue weighted by Crippen LogP contribution is 2.27. The third-order valence-electron chi connectivity index (χ3n) is 4.55. The van der Waals surface area contributed by atoms with Crippen LogP contribution in [0.25, 0.3) is 0 Å². The number of hydrogen-bond donors (Lipinski definition) is 2. The highest BCUT2D eigenvalue weighted by Gasteiger charge is 2.35. The minimum atomic E-state index is -0.463. The van der Waals surface area contributed by atoms with Crippen molar-refractivity contribution in [3.05, 3.63) is 54.1 Å². The molecule has 1 atom stereocenters. The second-order valence-corrected chi connectivity index (χ2v) is 6.76. The van der Waals surface area contributed by atoms with Crippen molar-refractivity contribution in [1.82, 2.24) is 0 Å². The molecule has 1 aliphatic heterocycles. The van der Waals surface area contributed by atoms with E-state index in [1.54, 1.807) is 53.4 Å².